The molecular formula is C14H13N3O4. The molecule has 108 valence electrons. The van der Waals surface area contributed by atoms with E-state index in [1.807, 2.05) is 0 Å². The molecule has 2 aromatic rings. The molecular weight excluding hydrogens is 274 g/mol. The van der Waals surface area contributed by atoms with Crippen LogP contribution < -0.4 is 20.3 Å². The zero-order chi connectivity index (χ0) is 14.7. The smallest absolute Gasteiger partial charge is 0.266 e. The van der Waals surface area contributed by atoms with Crippen molar-refractivity contribution < 1.29 is 14.3 Å². The monoisotopic (exact) mass is 287 g/mol. The van der Waals surface area contributed by atoms with Crippen molar-refractivity contribution in [1.29, 1.82) is 0 Å². The lowest BCUT2D eigenvalue weighted by atomic mass is 10.2. The highest BCUT2D eigenvalue weighted by atomic mass is 16.7. The summed E-state index contributed by atoms with van der Waals surface area (Å²) in [6.07, 6.45) is 1.53. The quantitative estimate of drug-likeness (QED) is 0.880. The van der Waals surface area contributed by atoms with Gasteiger partial charge in [-0.1, -0.05) is 0 Å². The molecule has 7 nitrogen and oxygen atoms in total. The van der Waals surface area contributed by atoms with Crippen molar-refractivity contribution in [1.82, 2.24) is 15.1 Å². The van der Waals surface area contributed by atoms with E-state index in [9.17, 15) is 9.59 Å². The summed E-state index contributed by atoms with van der Waals surface area (Å²) < 4.78 is 11.7. The molecule has 1 aromatic carbocycles. The third kappa shape index (κ3) is 2.86. The predicted octanol–water partition coefficient (Wildman–Crippen LogP) is 0.402. The van der Waals surface area contributed by atoms with Crippen LogP contribution in [0.15, 0.2) is 41.3 Å². The normalized spacial score (nSPS) is 12.2. The molecule has 0 aliphatic carbocycles. The van der Waals surface area contributed by atoms with Gasteiger partial charge < -0.3 is 14.8 Å². The van der Waals surface area contributed by atoms with E-state index in [0.29, 0.717) is 30.2 Å². The van der Waals surface area contributed by atoms with Gasteiger partial charge in [0.05, 0.1) is 6.54 Å². The lowest BCUT2D eigenvalue weighted by Crippen LogP contribution is -2.31. The number of rotatable bonds is 4. The second-order valence-corrected chi connectivity index (χ2v) is 4.41. The standard InChI is InChI=1S/C14H13N3O4/c18-13-2-1-5-16-17(13)7-6-15-14(19)10-3-4-11-12(8-10)21-9-20-11/h1-5,8H,6-7,9H2,(H,15,19). The molecule has 0 unspecified atom stereocenters. The molecule has 1 N–H and O–H groups in total. The molecule has 0 spiro atoms. The van der Waals surface area contributed by atoms with Crippen LogP contribution in [0.1, 0.15) is 10.4 Å². The molecule has 1 aliphatic rings. The van der Waals surface area contributed by atoms with Crippen LogP contribution in [0.25, 0.3) is 0 Å². The summed E-state index contributed by atoms with van der Waals surface area (Å²) in [6, 6.07) is 7.98. The van der Waals surface area contributed by atoms with Crippen LogP contribution in [-0.4, -0.2) is 29.0 Å². The number of fused-ring (bicyclic) bond motifs is 1. The Morgan fingerprint density at radius 1 is 1.29 bits per heavy atom. The SMILES string of the molecule is O=C(NCCn1ncccc1=O)c1ccc2c(c1)OCO2. The van der Waals surface area contributed by atoms with Gasteiger partial charge in [-0.25, -0.2) is 4.68 Å². The summed E-state index contributed by atoms with van der Waals surface area (Å²) in [6.45, 7) is 0.795. The van der Waals surface area contributed by atoms with Crippen molar-refractivity contribution in [2.24, 2.45) is 0 Å². The Morgan fingerprint density at radius 3 is 3.00 bits per heavy atom. The summed E-state index contributed by atoms with van der Waals surface area (Å²) in [7, 11) is 0. The average molecular weight is 287 g/mol. The zero-order valence-corrected chi connectivity index (χ0v) is 11.1. The number of nitrogens with one attached hydrogen (secondary N) is 1. The Bertz CT molecular complexity index is 726. The van der Waals surface area contributed by atoms with Crippen LogP contribution in [0.5, 0.6) is 11.5 Å². The van der Waals surface area contributed by atoms with Gasteiger partial charge in [-0.15, -0.1) is 0 Å². The molecule has 21 heavy (non-hydrogen) atoms. The Hall–Kier alpha value is -2.83. The maximum absolute atomic E-state index is 12.0. The number of carbonyl (C=O) groups excluding carboxylic acids is 1. The lowest BCUT2D eigenvalue weighted by molar-refractivity contribution is 0.0951. The van der Waals surface area contributed by atoms with Gasteiger partial charge in [-0.3, -0.25) is 9.59 Å². The van der Waals surface area contributed by atoms with Crippen LogP contribution in [0.3, 0.4) is 0 Å². The number of hydrogen-bond donors (Lipinski definition) is 1. The van der Waals surface area contributed by atoms with Gasteiger partial charge in [-0.05, 0) is 24.3 Å². The summed E-state index contributed by atoms with van der Waals surface area (Å²) >= 11 is 0. The van der Waals surface area contributed by atoms with E-state index in [1.54, 1.807) is 24.3 Å². The van der Waals surface area contributed by atoms with E-state index in [0.717, 1.165) is 0 Å². The topological polar surface area (TPSA) is 82.5 Å². The molecule has 0 atom stereocenters. The van der Waals surface area contributed by atoms with Gasteiger partial charge in [0.1, 0.15) is 0 Å². The number of hydrogen-bond acceptors (Lipinski definition) is 5. The largest absolute Gasteiger partial charge is 0.454 e. The first kappa shape index (κ1) is 13.2. The van der Waals surface area contributed by atoms with Crippen molar-refractivity contribution in [3.8, 4) is 11.5 Å². The number of benzene rings is 1. The fourth-order valence-electron chi connectivity index (χ4n) is 1.97. The van der Waals surface area contributed by atoms with Crippen LogP contribution in [0.2, 0.25) is 0 Å². The second-order valence-electron chi connectivity index (χ2n) is 4.41. The first-order chi connectivity index (χ1) is 10.2. The number of carbonyl (C=O) groups is 1. The van der Waals surface area contributed by atoms with E-state index in [4.69, 9.17) is 9.47 Å². The Morgan fingerprint density at radius 2 is 2.14 bits per heavy atom. The fourth-order valence-corrected chi connectivity index (χ4v) is 1.97. The number of amides is 1. The van der Waals surface area contributed by atoms with Gasteiger partial charge in [0.25, 0.3) is 11.5 Å². The number of aromatic nitrogens is 2. The third-order valence-electron chi connectivity index (χ3n) is 3.03. The maximum atomic E-state index is 12.0. The Labute approximate surface area is 120 Å². The molecule has 7 heteroatoms. The molecule has 2 heterocycles. The first-order valence-corrected chi connectivity index (χ1v) is 6.44. The highest BCUT2D eigenvalue weighted by Crippen LogP contribution is 2.32. The Kier molecular flexibility index (Phi) is 3.55. The van der Waals surface area contributed by atoms with Crippen LogP contribution in [0, 0.1) is 0 Å². The van der Waals surface area contributed by atoms with Crippen molar-refractivity contribution >= 4 is 5.91 Å². The predicted molar refractivity (Wildman–Crippen MR) is 73.4 cm³/mol. The highest BCUT2D eigenvalue weighted by Gasteiger charge is 2.15. The molecule has 0 radical (unpaired) electrons. The minimum absolute atomic E-state index is 0.170. The highest BCUT2D eigenvalue weighted by molar-refractivity contribution is 5.94. The molecule has 0 bridgehead atoms. The van der Waals surface area contributed by atoms with Gasteiger partial charge in [0.15, 0.2) is 11.5 Å². The van der Waals surface area contributed by atoms with Crippen molar-refractivity contribution in [2.45, 2.75) is 6.54 Å². The van der Waals surface area contributed by atoms with E-state index in [-0.39, 0.29) is 18.3 Å². The summed E-state index contributed by atoms with van der Waals surface area (Å²) in [5.74, 6) is 0.951. The minimum Gasteiger partial charge on any atom is -0.454 e. The molecule has 1 amide bonds. The molecule has 0 saturated heterocycles. The van der Waals surface area contributed by atoms with Crippen molar-refractivity contribution in [3.05, 3.63) is 52.4 Å². The van der Waals surface area contributed by atoms with Crippen LogP contribution >= 0.6 is 0 Å². The fraction of sp³-hybridized carbons (Fsp3) is 0.214. The maximum Gasteiger partial charge on any atom is 0.266 e. The molecule has 1 aliphatic heterocycles. The van der Waals surface area contributed by atoms with Crippen molar-refractivity contribution in [3.63, 3.8) is 0 Å². The number of ether oxygens (including phenoxy) is 2. The molecule has 1 aromatic heterocycles. The van der Waals surface area contributed by atoms with Gasteiger partial charge in [-0.2, -0.15) is 5.10 Å². The van der Waals surface area contributed by atoms with E-state index < -0.39 is 0 Å². The number of nitrogens with zero attached hydrogens (tertiary/aromatic N) is 2. The lowest BCUT2D eigenvalue weighted by Gasteiger charge is -2.07. The van der Waals surface area contributed by atoms with Crippen LogP contribution in [0.4, 0.5) is 0 Å². The summed E-state index contributed by atoms with van der Waals surface area (Å²) in [4.78, 5) is 23.5. The van der Waals surface area contributed by atoms with Gasteiger partial charge >= 0.3 is 0 Å². The van der Waals surface area contributed by atoms with E-state index in [2.05, 4.69) is 10.4 Å². The molecule has 3 rings (SSSR count). The average Bonchev–Trinajstić information content (AvgIpc) is 2.96. The summed E-state index contributed by atoms with van der Waals surface area (Å²) in [5.41, 5.74) is 0.280. The Balaban J connectivity index is 1.60. The zero-order valence-electron chi connectivity index (χ0n) is 11.1. The van der Waals surface area contributed by atoms with Gasteiger partial charge in [0.2, 0.25) is 6.79 Å². The van der Waals surface area contributed by atoms with Crippen molar-refractivity contribution in [2.75, 3.05) is 13.3 Å². The van der Waals surface area contributed by atoms with Gasteiger partial charge in [0, 0.05) is 24.4 Å². The second kappa shape index (κ2) is 5.66. The van der Waals surface area contributed by atoms with E-state index in [1.165, 1.54) is 16.9 Å². The minimum atomic E-state index is -0.239. The third-order valence-corrected chi connectivity index (χ3v) is 3.03. The van der Waals surface area contributed by atoms with E-state index >= 15 is 0 Å². The summed E-state index contributed by atoms with van der Waals surface area (Å²) in [5, 5.41) is 6.64. The van der Waals surface area contributed by atoms with Crippen LogP contribution in [-0.2, 0) is 6.54 Å². The molecule has 0 saturated carbocycles. The first-order valence-electron chi connectivity index (χ1n) is 6.44. The molecule has 0 fully saturated rings.